The van der Waals surface area contributed by atoms with Gasteiger partial charge in [0.05, 0.1) is 7.11 Å². The van der Waals surface area contributed by atoms with E-state index in [1.165, 1.54) is 0 Å². The van der Waals surface area contributed by atoms with E-state index in [9.17, 15) is 9.90 Å². The lowest BCUT2D eigenvalue weighted by Crippen LogP contribution is -2.54. The van der Waals surface area contributed by atoms with Crippen LogP contribution < -0.4 is 9.64 Å². The van der Waals surface area contributed by atoms with Crippen LogP contribution in [0.15, 0.2) is 24.3 Å². The molecule has 1 fully saturated rings. The molecule has 0 aliphatic carbocycles. The molecule has 1 N–H and O–H groups in total. The Hall–Kier alpha value is -1.75. The van der Waals surface area contributed by atoms with Crippen molar-refractivity contribution in [3.63, 3.8) is 0 Å². The molecular formula is C13H18N2O3. The second kappa shape index (κ2) is 5.27. The highest BCUT2D eigenvalue weighted by Crippen LogP contribution is 2.23. The predicted molar refractivity (Wildman–Crippen MR) is 69.3 cm³/mol. The number of aliphatic carboxylic acids is 1. The van der Waals surface area contributed by atoms with Gasteiger partial charge in [-0.3, -0.25) is 9.69 Å². The van der Waals surface area contributed by atoms with E-state index in [1.807, 2.05) is 36.2 Å². The number of ether oxygens (including phenoxy) is 1. The zero-order chi connectivity index (χ0) is 13.1. The third-order valence-electron chi connectivity index (χ3n) is 3.35. The van der Waals surface area contributed by atoms with Gasteiger partial charge in [-0.2, -0.15) is 0 Å². The number of methoxy groups -OCH3 is 1. The van der Waals surface area contributed by atoms with Gasteiger partial charge in [-0.25, -0.2) is 0 Å². The highest BCUT2D eigenvalue weighted by Gasteiger charge is 2.29. The lowest BCUT2D eigenvalue weighted by atomic mass is 10.1. The van der Waals surface area contributed by atoms with Gasteiger partial charge in [0.15, 0.2) is 0 Å². The van der Waals surface area contributed by atoms with Gasteiger partial charge < -0.3 is 14.7 Å². The average Bonchev–Trinajstić information content (AvgIpc) is 2.39. The number of nitrogens with zero attached hydrogens (tertiary/aromatic N) is 2. The molecule has 18 heavy (non-hydrogen) atoms. The third kappa shape index (κ3) is 2.56. The standard InChI is InChI=1S/C13H18N2O3/c1-14-6-7-15(9-12(14)13(16)17)10-4-3-5-11(8-10)18-2/h3-5,8,12H,6-7,9H2,1-2H3,(H,16,17). The van der Waals surface area contributed by atoms with E-state index < -0.39 is 12.0 Å². The van der Waals surface area contributed by atoms with Crippen molar-refractivity contribution in [3.8, 4) is 5.75 Å². The maximum absolute atomic E-state index is 11.2. The monoisotopic (exact) mass is 250 g/mol. The normalized spacial score (nSPS) is 20.8. The number of anilines is 1. The summed E-state index contributed by atoms with van der Waals surface area (Å²) in [6, 6.07) is 7.26. The molecule has 0 amide bonds. The van der Waals surface area contributed by atoms with Gasteiger partial charge in [0.2, 0.25) is 0 Å². The lowest BCUT2D eigenvalue weighted by molar-refractivity contribution is -0.142. The molecule has 0 radical (unpaired) electrons. The molecular weight excluding hydrogens is 232 g/mol. The summed E-state index contributed by atoms with van der Waals surface area (Å²) in [5.74, 6) is 0.0170. The van der Waals surface area contributed by atoms with Crippen molar-refractivity contribution in [2.24, 2.45) is 0 Å². The fraction of sp³-hybridized carbons (Fsp3) is 0.462. The minimum absolute atomic E-state index is 0.454. The van der Waals surface area contributed by atoms with Gasteiger partial charge in [0.25, 0.3) is 0 Å². The number of benzene rings is 1. The molecule has 1 aliphatic rings. The molecule has 1 aromatic rings. The Morgan fingerprint density at radius 1 is 1.44 bits per heavy atom. The maximum Gasteiger partial charge on any atom is 0.322 e. The van der Waals surface area contributed by atoms with Crippen LogP contribution in [0.4, 0.5) is 5.69 Å². The average molecular weight is 250 g/mol. The molecule has 98 valence electrons. The minimum atomic E-state index is -0.773. The van der Waals surface area contributed by atoms with Gasteiger partial charge in [-0.15, -0.1) is 0 Å². The summed E-state index contributed by atoms with van der Waals surface area (Å²) in [7, 11) is 3.48. The predicted octanol–water partition coefficient (Wildman–Crippen LogP) is 0.900. The van der Waals surface area contributed by atoms with Crippen molar-refractivity contribution in [2.45, 2.75) is 6.04 Å². The molecule has 0 bridgehead atoms. The first-order valence-corrected chi connectivity index (χ1v) is 5.94. The van der Waals surface area contributed by atoms with Gasteiger partial charge in [-0.1, -0.05) is 6.07 Å². The highest BCUT2D eigenvalue weighted by molar-refractivity contribution is 5.75. The molecule has 1 unspecified atom stereocenters. The quantitative estimate of drug-likeness (QED) is 0.864. The summed E-state index contributed by atoms with van der Waals surface area (Å²) in [4.78, 5) is 15.1. The maximum atomic E-state index is 11.2. The number of carboxylic acids is 1. The largest absolute Gasteiger partial charge is 0.497 e. The summed E-state index contributed by atoms with van der Waals surface area (Å²) in [5, 5.41) is 9.18. The number of piperazine rings is 1. The van der Waals surface area contributed by atoms with Crippen LogP contribution in [-0.4, -0.2) is 55.8 Å². The van der Waals surface area contributed by atoms with E-state index in [0.717, 1.165) is 24.5 Å². The van der Waals surface area contributed by atoms with Crippen molar-refractivity contribution < 1.29 is 14.6 Å². The van der Waals surface area contributed by atoms with Crippen LogP contribution in [0.25, 0.3) is 0 Å². The Labute approximate surface area is 107 Å². The van der Waals surface area contributed by atoms with Crippen molar-refractivity contribution in [3.05, 3.63) is 24.3 Å². The van der Waals surface area contributed by atoms with E-state index in [-0.39, 0.29) is 0 Å². The smallest absolute Gasteiger partial charge is 0.322 e. The molecule has 1 saturated heterocycles. The summed E-state index contributed by atoms with van der Waals surface area (Å²) in [5.41, 5.74) is 1.01. The fourth-order valence-corrected chi connectivity index (χ4v) is 2.18. The molecule has 2 rings (SSSR count). The number of carboxylic acid groups (broad SMARTS) is 1. The Balaban J connectivity index is 2.16. The van der Waals surface area contributed by atoms with Crippen molar-refractivity contribution in [2.75, 3.05) is 38.7 Å². The topological polar surface area (TPSA) is 53.0 Å². The Bertz CT molecular complexity index is 436. The molecule has 0 aromatic heterocycles. The highest BCUT2D eigenvalue weighted by atomic mass is 16.5. The van der Waals surface area contributed by atoms with Gasteiger partial charge in [0.1, 0.15) is 11.8 Å². The molecule has 0 spiro atoms. The number of carbonyl (C=O) groups is 1. The Kier molecular flexibility index (Phi) is 3.72. The minimum Gasteiger partial charge on any atom is -0.497 e. The van der Waals surface area contributed by atoms with Crippen LogP contribution in [0.3, 0.4) is 0 Å². The SMILES string of the molecule is COc1cccc(N2CCN(C)C(C(=O)O)C2)c1. The van der Waals surface area contributed by atoms with Gasteiger partial charge in [-0.05, 0) is 19.2 Å². The zero-order valence-electron chi connectivity index (χ0n) is 10.7. The van der Waals surface area contributed by atoms with Crippen LogP contribution in [0.5, 0.6) is 5.75 Å². The summed E-state index contributed by atoms with van der Waals surface area (Å²) in [6.45, 7) is 2.07. The summed E-state index contributed by atoms with van der Waals surface area (Å²) in [6.07, 6.45) is 0. The van der Waals surface area contributed by atoms with Crippen LogP contribution in [0.1, 0.15) is 0 Å². The second-order valence-electron chi connectivity index (χ2n) is 4.48. The summed E-state index contributed by atoms with van der Waals surface area (Å²) < 4.78 is 5.19. The van der Waals surface area contributed by atoms with Crippen molar-refractivity contribution >= 4 is 11.7 Å². The number of hydrogen-bond donors (Lipinski definition) is 1. The van der Waals surface area contributed by atoms with E-state index in [0.29, 0.717) is 6.54 Å². The van der Waals surface area contributed by atoms with E-state index in [2.05, 4.69) is 4.90 Å². The number of likely N-dealkylation sites (N-methyl/N-ethyl adjacent to an activating group) is 1. The molecule has 5 nitrogen and oxygen atoms in total. The first-order valence-electron chi connectivity index (χ1n) is 5.94. The Morgan fingerprint density at radius 2 is 2.22 bits per heavy atom. The van der Waals surface area contributed by atoms with Crippen molar-refractivity contribution in [1.29, 1.82) is 0 Å². The first-order chi connectivity index (χ1) is 8.61. The van der Waals surface area contributed by atoms with Gasteiger partial charge >= 0.3 is 5.97 Å². The van der Waals surface area contributed by atoms with E-state index in [4.69, 9.17) is 4.74 Å². The van der Waals surface area contributed by atoms with E-state index in [1.54, 1.807) is 7.11 Å². The summed E-state index contributed by atoms with van der Waals surface area (Å²) >= 11 is 0. The third-order valence-corrected chi connectivity index (χ3v) is 3.35. The first kappa shape index (κ1) is 12.7. The molecule has 0 saturated carbocycles. The van der Waals surface area contributed by atoms with E-state index >= 15 is 0 Å². The molecule has 1 atom stereocenters. The zero-order valence-corrected chi connectivity index (χ0v) is 10.7. The molecule has 1 heterocycles. The molecule has 5 heteroatoms. The van der Waals surface area contributed by atoms with Crippen LogP contribution in [0, 0.1) is 0 Å². The Morgan fingerprint density at radius 3 is 2.89 bits per heavy atom. The van der Waals surface area contributed by atoms with Gasteiger partial charge in [0, 0.05) is 31.4 Å². The fourth-order valence-electron chi connectivity index (χ4n) is 2.18. The van der Waals surface area contributed by atoms with Crippen molar-refractivity contribution in [1.82, 2.24) is 4.90 Å². The molecule has 1 aromatic carbocycles. The number of rotatable bonds is 3. The second-order valence-corrected chi connectivity index (χ2v) is 4.48. The van der Waals surface area contributed by atoms with Crippen LogP contribution in [0.2, 0.25) is 0 Å². The van der Waals surface area contributed by atoms with Crippen LogP contribution in [-0.2, 0) is 4.79 Å². The number of hydrogen-bond acceptors (Lipinski definition) is 4. The lowest BCUT2D eigenvalue weighted by Gasteiger charge is -2.38. The van der Waals surface area contributed by atoms with Crippen LogP contribution >= 0.6 is 0 Å². The molecule has 1 aliphatic heterocycles.